The van der Waals surface area contributed by atoms with Crippen LogP contribution in [0.5, 0.6) is 5.88 Å². The van der Waals surface area contributed by atoms with Crippen LogP contribution in [0.2, 0.25) is 0 Å². The Bertz CT molecular complexity index is 686. The average Bonchev–Trinajstić information content (AvgIpc) is 3.43. The number of thioether (sulfide) groups is 1. The molecule has 1 aromatic heterocycles. The van der Waals surface area contributed by atoms with Crippen molar-refractivity contribution in [2.75, 3.05) is 24.8 Å². The topological polar surface area (TPSA) is 55.3 Å². The number of anilines is 1. The highest BCUT2D eigenvalue weighted by Gasteiger charge is 2.22. The van der Waals surface area contributed by atoms with E-state index >= 15 is 0 Å². The molecule has 0 aliphatic heterocycles. The van der Waals surface area contributed by atoms with Gasteiger partial charge in [-0.05, 0) is 43.2 Å². The van der Waals surface area contributed by atoms with E-state index in [1.54, 1.807) is 23.7 Å². The zero-order valence-electron chi connectivity index (χ0n) is 13.2. The molecule has 0 unspecified atom stereocenters. The van der Waals surface area contributed by atoms with Crippen molar-refractivity contribution in [2.24, 2.45) is 5.92 Å². The van der Waals surface area contributed by atoms with Crippen molar-refractivity contribution in [1.29, 1.82) is 0 Å². The Hall–Kier alpha value is -2.08. The number of hydrogen-bond acceptors (Lipinski definition) is 5. The van der Waals surface area contributed by atoms with Crippen molar-refractivity contribution >= 4 is 23.4 Å². The molecule has 6 heteroatoms. The number of nitrogens with zero attached hydrogens (tertiary/aromatic N) is 3. The smallest absolute Gasteiger partial charge is 0.278 e. The molecule has 1 aromatic carbocycles. The number of rotatable bonds is 6. The third kappa shape index (κ3) is 4.01. The summed E-state index contributed by atoms with van der Waals surface area (Å²) >= 11 is 1.64. The van der Waals surface area contributed by atoms with Gasteiger partial charge in [-0.15, -0.1) is 11.8 Å². The van der Waals surface area contributed by atoms with Crippen LogP contribution in [0.15, 0.2) is 41.6 Å². The quantitative estimate of drug-likeness (QED) is 0.761. The van der Waals surface area contributed by atoms with Crippen molar-refractivity contribution < 1.29 is 9.53 Å². The maximum atomic E-state index is 12.5. The fourth-order valence-corrected chi connectivity index (χ4v) is 2.55. The number of benzene rings is 1. The van der Waals surface area contributed by atoms with Gasteiger partial charge in [-0.3, -0.25) is 4.79 Å². The molecule has 1 aliphatic carbocycles. The van der Waals surface area contributed by atoms with E-state index in [-0.39, 0.29) is 5.91 Å². The maximum Gasteiger partial charge on any atom is 0.278 e. The molecular weight excluding hydrogens is 310 g/mol. The third-order valence-corrected chi connectivity index (χ3v) is 4.48. The molecule has 0 bridgehead atoms. The predicted octanol–water partition coefficient (Wildman–Crippen LogP) is 3.26. The second kappa shape index (κ2) is 7.00. The van der Waals surface area contributed by atoms with Crippen LogP contribution in [-0.2, 0) is 0 Å². The van der Waals surface area contributed by atoms with Crippen molar-refractivity contribution in [3.63, 3.8) is 0 Å². The normalized spacial score (nSPS) is 13.7. The Morgan fingerprint density at radius 1 is 1.35 bits per heavy atom. The Labute approximate surface area is 140 Å². The highest BCUT2D eigenvalue weighted by Crippen LogP contribution is 2.29. The minimum atomic E-state index is -0.190. The van der Waals surface area contributed by atoms with Crippen molar-refractivity contribution in [3.05, 3.63) is 42.4 Å². The predicted molar refractivity (Wildman–Crippen MR) is 91.2 cm³/mol. The molecule has 1 aliphatic rings. The highest BCUT2D eigenvalue weighted by molar-refractivity contribution is 7.98. The molecule has 2 aromatic rings. The first-order valence-corrected chi connectivity index (χ1v) is 8.77. The lowest BCUT2D eigenvalue weighted by Gasteiger charge is -2.17. The minimum Gasteiger partial charge on any atom is -0.476 e. The second-order valence-electron chi connectivity index (χ2n) is 5.56. The van der Waals surface area contributed by atoms with E-state index in [9.17, 15) is 4.79 Å². The maximum absolute atomic E-state index is 12.5. The van der Waals surface area contributed by atoms with Crippen LogP contribution in [-0.4, -0.2) is 35.8 Å². The summed E-state index contributed by atoms with van der Waals surface area (Å²) in [6, 6.07) is 7.82. The lowest BCUT2D eigenvalue weighted by molar-refractivity contribution is 0.0987. The van der Waals surface area contributed by atoms with Gasteiger partial charge in [-0.1, -0.05) is 6.07 Å². The molecule has 0 saturated heterocycles. The van der Waals surface area contributed by atoms with Gasteiger partial charge in [0.25, 0.3) is 5.91 Å². The number of carbonyl (C=O) groups excluding carboxylic acids is 1. The summed E-state index contributed by atoms with van der Waals surface area (Å²) in [7, 11) is 1.74. The lowest BCUT2D eigenvalue weighted by Crippen LogP contribution is -2.27. The van der Waals surface area contributed by atoms with E-state index in [2.05, 4.69) is 9.97 Å². The number of carbonyl (C=O) groups is 1. The van der Waals surface area contributed by atoms with E-state index in [1.807, 2.05) is 30.5 Å². The molecule has 23 heavy (non-hydrogen) atoms. The number of ether oxygens (including phenoxy) is 1. The van der Waals surface area contributed by atoms with Gasteiger partial charge in [0, 0.05) is 17.6 Å². The van der Waals surface area contributed by atoms with Gasteiger partial charge in [0.05, 0.1) is 19.0 Å². The standard InChI is InChI=1S/C17H19N3O2S/c1-20(13-4-3-5-14(8-13)23-2)17(21)15-9-19-16(10-18-15)22-11-12-6-7-12/h3-5,8-10,12H,6-7,11H2,1-2H3. The van der Waals surface area contributed by atoms with Crippen LogP contribution in [0.3, 0.4) is 0 Å². The average molecular weight is 329 g/mol. The van der Waals surface area contributed by atoms with E-state index in [4.69, 9.17) is 4.74 Å². The summed E-state index contributed by atoms with van der Waals surface area (Å²) in [5, 5.41) is 0. The zero-order chi connectivity index (χ0) is 16.2. The van der Waals surface area contributed by atoms with Crippen LogP contribution in [0.25, 0.3) is 0 Å². The number of amides is 1. The summed E-state index contributed by atoms with van der Waals surface area (Å²) in [4.78, 5) is 23.5. The fraction of sp³-hybridized carbons (Fsp3) is 0.353. The second-order valence-corrected chi connectivity index (χ2v) is 6.44. The van der Waals surface area contributed by atoms with Crippen molar-refractivity contribution in [2.45, 2.75) is 17.7 Å². The number of hydrogen-bond donors (Lipinski definition) is 0. The van der Waals surface area contributed by atoms with Crippen LogP contribution in [0, 0.1) is 5.92 Å². The molecule has 3 rings (SSSR count). The number of aromatic nitrogens is 2. The summed E-state index contributed by atoms with van der Waals surface area (Å²) in [6.07, 6.45) is 7.45. The van der Waals surface area contributed by atoms with Gasteiger partial charge in [-0.25, -0.2) is 9.97 Å². The summed E-state index contributed by atoms with van der Waals surface area (Å²) in [6.45, 7) is 0.684. The van der Waals surface area contributed by atoms with Crippen molar-refractivity contribution in [3.8, 4) is 5.88 Å². The fourth-order valence-electron chi connectivity index (χ4n) is 2.10. The van der Waals surface area contributed by atoms with Gasteiger partial charge in [0.1, 0.15) is 5.69 Å². The zero-order valence-corrected chi connectivity index (χ0v) is 14.0. The largest absolute Gasteiger partial charge is 0.476 e. The molecule has 1 fully saturated rings. The van der Waals surface area contributed by atoms with Crippen LogP contribution in [0.1, 0.15) is 23.3 Å². The Balaban J connectivity index is 1.68. The van der Waals surface area contributed by atoms with E-state index in [0.717, 1.165) is 10.6 Å². The summed E-state index contributed by atoms with van der Waals surface area (Å²) < 4.78 is 5.54. The minimum absolute atomic E-state index is 0.190. The monoisotopic (exact) mass is 329 g/mol. The van der Waals surface area contributed by atoms with Crippen LogP contribution < -0.4 is 9.64 Å². The van der Waals surface area contributed by atoms with Gasteiger partial charge in [-0.2, -0.15) is 0 Å². The van der Waals surface area contributed by atoms with Crippen LogP contribution >= 0.6 is 11.8 Å². The van der Waals surface area contributed by atoms with E-state index in [1.165, 1.54) is 25.2 Å². The van der Waals surface area contributed by atoms with Gasteiger partial charge in [0.15, 0.2) is 0 Å². The summed E-state index contributed by atoms with van der Waals surface area (Å²) in [5.74, 6) is 0.943. The molecule has 5 nitrogen and oxygen atoms in total. The molecule has 0 spiro atoms. The molecular formula is C17H19N3O2S. The third-order valence-electron chi connectivity index (χ3n) is 3.76. The molecule has 0 atom stereocenters. The molecule has 1 saturated carbocycles. The first kappa shape index (κ1) is 15.8. The molecule has 1 heterocycles. The molecule has 0 N–H and O–H groups in total. The van der Waals surface area contributed by atoms with Gasteiger partial charge < -0.3 is 9.64 Å². The molecule has 0 radical (unpaired) electrons. The van der Waals surface area contributed by atoms with Crippen molar-refractivity contribution in [1.82, 2.24) is 9.97 Å². The SMILES string of the molecule is CSc1cccc(N(C)C(=O)c2cnc(OCC3CC3)cn2)c1. The molecule has 1 amide bonds. The first-order valence-electron chi connectivity index (χ1n) is 7.54. The molecule has 120 valence electrons. The van der Waals surface area contributed by atoms with Gasteiger partial charge in [0.2, 0.25) is 5.88 Å². The lowest BCUT2D eigenvalue weighted by atomic mass is 10.3. The van der Waals surface area contributed by atoms with Crippen LogP contribution in [0.4, 0.5) is 5.69 Å². The van der Waals surface area contributed by atoms with E-state index < -0.39 is 0 Å². The Kier molecular flexibility index (Phi) is 4.81. The Morgan fingerprint density at radius 3 is 2.83 bits per heavy atom. The Morgan fingerprint density at radius 2 is 2.17 bits per heavy atom. The summed E-state index contributed by atoms with van der Waals surface area (Å²) in [5.41, 5.74) is 1.14. The van der Waals surface area contributed by atoms with E-state index in [0.29, 0.717) is 24.1 Å². The highest BCUT2D eigenvalue weighted by atomic mass is 32.2. The first-order chi connectivity index (χ1) is 11.2. The van der Waals surface area contributed by atoms with Gasteiger partial charge >= 0.3 is 0 Å².